The van der Waals surface area contributed by atoms with Gasteiger partial charge in [-0.05, 0) is 81.2 Å². The highest BCUT2D eigenvalue weighted by molar-refractivity contribution is 5.95. The van der Waals surface area contributed by atoms with Crippen molar-refractivity contribution in [1.29, 1.82) is 0 Å². The van der Waals surface area contributed by atoms with E-state index in [-0.39, 0.29) is 29.7 Å². The van der Waals surface area contributed by atoms with E-state index in [0.29, 0.717) is 55.8 Å². The molecule has 2 aliphatic heterocycles. The Balaban J connectivity index is 1.25. The third kappa shape index (κ3) is 7.62. The lowest BCUT2D eigenvalue weighted by Gasteiger charge is -2.35. The lowest BCUT2D eigenvalue weighted by atomic mass is 9.93. The molecular weight excluding hydrogens is 546 g/mol. The number of benzene rings is 2. The summed E-state index contributed by atoms with van der Waals surface area (Å²) in [7, 11) is 3.26. The van der Waals surface area contributed by atoms with Crippen LogP contribution < -0.4 is 19.5 Å². The molecule has 2 heterocycles. The Morgan fingerprint density at radius 3 is 2.47 bits per heavy atom. The van der Waals surface area contributed by atoms with Crippen LogP contribution in [0.4, 0.5) is 0 Å². The van der Waals surface area contributed by atoms with Crippen molar-refractivity contribution in [2.24, 2.45) is 11.8 Å². The molecule has 3 aliphatic rings. The molecule has 1 aliphatic carbocycles. The van der Waals surface area contributed by atoms with Crippen molar-refractivity contribution >= 4 is 11.8 Å². The van der Waals surface area contributed by atoms with Crippen LogP contribution in [-0.4, -0.2) is 93.4 Å². The zero-order chi connectivity index (χ0) is 30.3. The number of hydrogen-bond acceptors (Lipinski definition) is 7. The summed E-state index contributed by atoms with van der Waals surface area (Å²) < 4.78 is 22.7. The van der Waals surface area contributed by atoms with Gasteiger partial charge in [-0.3, -0.25) is 9.59 Å². The molecule has 0 spiro atoms. The Kier molecular flexibility index (Phi) is 10.5. The molecule has 234 valence electrons. The molecule has 3 atom stereocenters. The van der Waals surface area contributed by atoms with Crippen molar-refractivity contribution in [2.75, 3.05) is 53.6 Å². The molecule has 5 rings (SSSR count). The Morgan fingerprint density at radius 1 is 0.977 bits per heavy atom. The van der Waals surface area contributed by atoms with Gasteiger partial charge in [0.1, 0.15) is 5.75 Å². The summed E-state index contributed by atoms with van der Waals surface area (Å²) in [4.78, 5) is 31.7. The van der Waals surface area contributed by atoms with Crippen molar-refractivity contribution in [3.63, 3.8) is 0 Å². The number of nitrogens with zero attached hydrogens (tertiary/aromatic N) is 2. The second-order valence-electron chi connectivity index (χ2n) is 12.3. The molecule has 1 saturated carbocycles. The summed E-state index contributed by atoms with van der Waals surface area (Å²) in [5, 5.41) is 3.55. The normalized spacial score (nSPS) is 21.2. The summed E-state index contributed by atoms with van der Waals surface area (Å²) in [6.45, 7) is 8.13. The molecule has 1 saturated heterocycles. The first-order valence-corrected chi connectivity index (χ1v) is 15.8. The Hall–Kier alpha value is -3.30. The first-order valence-electron chi connectivity index (χ1n) is 15.8. The number of amides is 2. The van der Waals surface area contributed by atoms with Crippen LogP contribution in [0.1, 0.15) is 55.5 Å². The fourth-order valence-electron chi connectivity index (χ4n) is 6.21. The van der Waals surface area contributed by atoms with E-state index in [0.717, 1.165) is 44.5 Å². The number of methoxy groups -OCH3 is 2. The zero-order valence-corrected chi connectivity index (χ0v) is 26.1. The molecule has 2 aromatic carbocycles. The van der Waals surface area contributed by atoms with Gasteiger partial charge in [0.15, 0.2) is 17.6 Å². The number of aryl methyl sites for hydroxylation is 1. The Labute approximate surface area is 255 Å². The van der Waals surface area contributed by atoms with E-state index in [9.17, 15) is 9.59 Å². The predicted octanol–water partition coefficient (Wildman–Crippen LogP) is 4.18. The van der Waals surface area contributed by atoms with E-state index >= 15 is 0 Å². The monoisotopic (exact) mass is 593 g/mol. The second-order valence-corrected chi connectivity index (χ2v) is 12.3. The molecule has 9 heteroatoms. The van der Waals surface area contributed by atoms with Gasteiger partial charge >= 0.3 is 0 Å². The van der Waals surface area contributed by atoms with Crippen molar-refractivity contribution in [2.45, 2.75) is 64.1 Å². The van der Waals surface area contributed by atoms with Gasteiger partial charge in [0.2, 0.25) is 0 Å². The Morgan fingerprint density at radius 2 is 1.74 bits per heavy atom. The largest absolute Gasteiger partial charge is 0.493 e. The van der Waals surface area contributed by atoms with Gasteiger partial charge in [-0.25, -0.2) is 0 Å². The van der Waals surface area contributed by atoms with Crippen LogP contribution in [0.3, 0.4) is 0 Å². The van der Waals surface area contributed by atoms with Crippen LogP contribution in [0.2, 0.25) is 0 Å². The third-order valence-electron chi connectivity index (χ3n) is 8.85. The average Bonchev–Trinajstić information content (AvgIpc) is 3.78. The number of fused-ring (bicyclic) bond motifs is 1. The molecule has 9 nitrogen and oxygen atoms in total. The molecule has 2 aromatic rings. The standard InChI is InChI=1S/C34H47N3O6/c1-23(2)36(33(38)25-11-14-30(41-4)32(18-25)42-17-7-16-40-3)21-26-19-35-20-27(26)22-37(28-12-13-28)34(39)31-15-10-24-8-5-6-9-29(24)43-31/h5-6,8-9,11,14,18,23,26-28,31,35H,7,10,12-13,15-17,19-22H2,1-4H3/t26-,27?,31?/m0/s1. The van der Waals surface area contributed by atoms with Gasteiger partial charge in [-0.15, -0.1) is 0 Å². The molecule has 2 unspecified atom stereocenters. The lowest BCUT2D eigenvalue weighted by molar-refractivity contribution is -0.141. The minimum absolute atomic E-state index is 0.0128. The highest BCUT2D eigenvalue weighted by atomic mass is 16.5. The van der Waals surface area contributed by atoms with Crippen LogP contribution in [0, 0.1) is 11.8 Å². The van der Waals surface area contributed by atoms with Crippen LogP contribution in [0.25, 0.3) is 0 Å². The minimum atomic E-state index is -0.432. The molecule has 2 fully saturated rings. The average molecular weight is 594 g/mol. The lowest BCUT2D eigenvalue weighted by Crippen LogP contribution is -2.48. The summed E-state index contributed by atoms with van der Waals surface area (Å²) >= 11 is 0. The van der Waals surface area contributed by atoms with Gasteiger partial charge in [0.25, 0.3) is 11.8 Å². The van der Waals surface area contributed by atoms with E-state index in [1.807, 2.05) is 23.1 Å². The van der Waals surface area contributed by atoms with Crippen LogP contribution in [0.15, 0.2) is 42.5 Å². The van der Waals surface area contributed by atoms with Crippen molar-refractivity contribution in [3.05, 3.63) is 53.6 Å². The smallest absolute Gasteiger partial charge is 0.263 e. The first kappa shape index (κ1) is 31.1. The van der Waals surface area contributed by atoms with E-state index in [1.165, 1.54) is 5.56 Å². The summed E-state index contributed by atoms with van der Waals surface area (Å²) in [5.74, 6) is 2.54. The predicted molar refractivity (Wildman–Crippen MR) is 165 cm³/mol. The molecule has 0 bridgehead atoms. The van der Waals surface area contributed by atoms with E-state index in [1.54, 1.807) is 32.4 Å². The number of nitrogens with one attached hydrogen (secondary N) is 1. The summed E-state index contributed by atoms with van der Waals surface area (Å²) in [6.07, 6.45) is 3.97. The topological polar surface area (TPSA) is 89.6 Å². The van der Waals surface area contributed by atoms with Gasteiger partial charge in [0.05, 0.1) is 13.7 Å². The third-order valence-corrected chi connectivity index (χ3v) is 8.85. The van der Waals surface area contributed by atoms with Crippen LogP contribution >= 0.6 is 0 Å². The van der Waals surface area contributed by atoms with Crippen molar-refractivity contribution in [3.8, 4) is 17.2 Å². The minimum Gasteiger partial charge on any atom is -0.493 e. The number of rotatable bonds is 14. The van der Waals surface area contributed by atoms with Gasteiger partial charge in [0, 0.05) is 64.0 Å². The maximum Gasteiger partial charge on any atom is 0.263 e. The summed E-state index contributed by atoms with van der Waals surface area (Å²) in [5.41, 5.74) is 1.74. The van der Waals surface area contributed by atoms with Crippen molar-refractivity contribution < 1.29 is 28.5 Å². The number of hydrogen-bond donors (Lipinski definition) is 1. The number of para-hydroxylation sites is 1. The molecule has 0 radical (unpaired) electrons. The van der Waals surface area contributed by atoms with E-state index in [4.69, 9.17) is 18.9 Å². The number of carbonyl (C=O) groups excluding carboxylic acids is 2. The van der Waals surface area contributed by atoms with Gasteiger partial charge in [-0.2, -0.15) is 0 Å². The number of ether oxygens (including phenoxy) is 4. The maximum absolute atomic E-state index is 13.9. The highest BCUT2D eigenvalue weighted by Gasteiger charge is 2.41. The molecular formula is C34H47N3O6. The summed E-state index contributed by atoms with van der Waals surface area (Å²) in [6, 6.07) is 13.7. The van der Waals surface area contributed by atoms with Crippen LogP contribution in [-0.2, 0) is 16.0 Å². The number of carbonyl (C=O) groups is 2. The zero-order valence-electron chi connectivity index (χ0n) is 26.1. The first-order chi connectivity index (χ1) is 20.9. The quantitative estimate of drug-likeness (QED) is 0.329. The van der Waals surface area contributed by atoms with Gasteiger partial charge < -0.3 is 34.1 Å². The molecule has 2 amide bonds. The van der Waals surface area contributed by atoms with E-state index < -0.39 is 6.10 Å². The molecule has 43 heavy (non-hydrogen) atoms. The molecule has 0 aromatic heterocycles. The van der Waals surface area contributed by atoms with Crippen LogP contribution in [0.5, 0.6) is 17.2 Å². The highest BCUT2D eigenvalue weighted by Crippen LogP contribution is 2.34. The second kappa shape index (κ2) is 14.4. The fraction of sp³-hybridized carbons (Fsp3) is 0.588. The fourth-order valence-corrected chi connectivity index (χ4v) is 6.21. The maximum atomic E-state index is 13.9. The Bertz CT molecular complexity index is 1250. The van der Waals surface area contributed by atoms with Gasteiger partial charge in [-0.1, -0.05) is 18.2 Å². The molecule has 1 N–H and O–H groups in total. The SMILES string of the molecule is COCCCOc1cc(C(=O)N(C[C@@H]2CNCC2CN(C(=O)C2CCc3ccccc3O2)C2CC2)C(C)C)ccc1OC. The van der Waals surface area contributed by atoms with Crippen molar-refractivity contribution in [1.82, 2.24) is 15.1 Å². The van der Waals surface area contributed by atoms with E-state index in [2.05, 4.69) is 30.1 Å².